The van der Waals surface area contributed by atoms with Gasteiger partial charge in [-0.3, -0.25) is 4.98 Å². The lowest BCUT2D eigenvalue weighted by molar-refractivity contribution is 0.0738. The van der Waals surface area contributed by atoms with Crippen LogP contribution in [0.5, 0.6) is 0 Å². The van der Waals surface area contributed by atoms with Crippen LogP contribution in [0.3, 0.4) is 0 Å². The van der Waals surface area contributed by atoms with Gasteiger partial charge in [-0.1, -0.05) is 11.6 Å². The molecule has 0 saturated carbocycles. The molecule has 0 saturated heterocycles. The molecule has 0 radical (unpaired) electrons. The van der Waals surface area contributed by atoms with Gasteiger partial charge in [0.05, 0.1) is 23.1 Å². The standard InChI is InChI=1S/C17H18N2O/c1-12-4-6-15-13(10-12)8-9-19(15)14-5-7-16(18-11-14)17(2,3)20/h4-11,20H,1-3H3. The summed E-state index contributed by atoms with van der Waals surface area (Å²) in [6.07, 6.45) is 3.84. The molecule has 3 rings (SSSR count). The van der Waals surface area contributed by atoms with Crippen LogP contribution in [-0.4, -0.2) is 14.7 Å². The van der Waals surface area contributed by atoms with Crippen molar-refractivity contribution in [1.29, 1.82) is 0 Å². The van der Waals surface area contributed by atoms with E-state index in [0.717, 1.165) is 11.2 Å². The highest BCUT2D eigenvalue weighted by Crippen LogP contribution is 2.23. The second-order valence-corrected chi connectivity index (χ2v) is 5.71. The third-order valence-electron chi connectivity index (χ3n) is 3.50. The first-order valence-corrected chi connectivity index (χ1v) is 6.72. The molecule has 0 amide bonds. The number of aromatic nitrogens is 2. The van der Waals surface area contributed by atoms with E-state index in [1.54, 1.807) is 20.0 Å². The summed E-state index contributed by atoms with van der Waals surface area (Å²) in [6, 6.07) is 12.4. The highest BCUT2D eigenvalue weighted by molar-refractivity contribution is 5.82. The van der Waals surface area contributed by atoms with Crippen molar-refractivity contribution < 1.29 is 5.11 Å². The summed E-state index contributed by atoms with van der Waals surface area (Å²) in [7, 11) is 0. The van der Waals surface area contributed by atoms with E-state index in [-0.39, 0.29) is 0 Å². The Morgan fingerprint density at radius 1 is 1.10 bits per heavy atom. The van der Waals surface area contributed by atoms with Crippen LogP contribution in [-0.2, 0) is 5.60 Å². The Hall–Kier alpha value is -2.13. The molecule has 3 heteroatoms. The number of fused-ring (bicyclic) bond motifs is 1. The summed E-state index contributed by atoms with van der Waals surface area (Å²) in [5.41, 5.74) is 3.18. The number of nitrogens with zero attached hydrogens (tertiary/aromatic N) is 2. The topological polar surface area (TPSA) is 38.0 Å². The average Bonchev–Trinajstić information content (AvgIpc) is 2.80. The maximum absolute atomic E-state index is 9.94. The van der Waals surface area contributed by atoms with Crippen LogP contribution in [0, 0.1) is 6.92 Å². The molecule has 0 aliphatic carbocycles. The zero-order chi connectivity index (χ0) is 14.3. The molecule has 0 spiro atoms. The molecule has 3 nitrogen and oxygen atoms in total. The summed E-state index contributed by atoms with van der Waals surface area (Å²) >= 11 is 0. The monoisotopic (exact) mass is 266 g/mol. The van der Waals surface area contributed by atoms with Crippen molar-refractivity contribution in [2.45, 2.75) is 26.4 Å². The normalized spacial score (nSPS) is 12.0. The minimum Gasteiger partial charge on any atom is -0.384 e. The lowest BCUT2D eigenvalue weighted by Crippen LogP contribution is -2.17. The Morgan fingerprint density at radius 3 is 2.55 bits per heavy atom. The number of rotatable bonds is 2. The maximum Gasteiger partial charge on any atom is 0.101 e. The van der Waals surface area contributed by atoms with Gasteiger partial charge in [-0.25, -0.2) is 0 Å². The van der Waals surface area contributed by atoms with E-state index in [1.807, 2.05) is 18.3 Å². The molecule has 1 N–H and O–H groups in total. The van der Waals surface area contributed by atoms with Gasteiger partial charge in [0.2, 0.25) is 0 Å². The fraction of sp³-hybridized carbons (Fsp3) is 0.235. The van der Waals surface area contributed by atoms with Crippen LogP contribution >= 0.6 is 0 Å². The van der Waals surface area contributed by atoms with Crippen molar-refractivity contribution in [3.63, 3.8) is 0 Å². The zero-order valence-corrected chi connectivity index (χ0v) is 12.0. The van der Waals surface area contributed by atoms with Crippen molar-refractivity contribution in [2.75, 3.05) is 0 Å². The third kappa shape index (κ3) is 2.21. The number of benzene rings is 1. The molecule has 2 heterocycles. The van der Waals surface area contributed by atoms with Gasteiger partial charge >= 0.3 is 0 Å². The van der Waals surface area contributed by atoms with Crippen molar-refractivity contribution in [1.82, 2.24) is 9.55 Å². The molecule has 0 unspecified atom stereocenters. The number of pyridine rings is 1. The largest absolute Gasteiger partial charge is 0.384 e. The summed E-state index contributed by atoms with van der Waals surface area (Å²) in [5, 5.41) is 11.2. The molecule has 0 aliphatic heterocycles. The van der Waals surface area contributed by atoms with Gasteiger partial charge in [0.25, 0.3) is 0 Å². The Morgan fingerprint density at radius 2 is 1.90 bits per heavy atom. The Kier molecular flexibility index (Phi) is 2.87. The smallest absolute Gasteiger partial charge is 0.101 e. The van der Waals surface area contributed by atoms with Crippen LogP contribution in [0.1, 0.15) is 25.1 Å². The molecular weight excluding hydrogens is 248 g/mol. The van der Waals surface area contributed by atoms with Gasteiger partial charge in [0.15, 0.2) is 0 Å². The average molecular weight is 266 g/mol. The summed E-state index contributed by atoms with van der Waals surface area (Å²) in [6.45, 7) is 5.57. The molecule has 0 bridgehead atoms. The van der Waals surface area contributed by atoms with Gasteiger partial charge in [-0.15, -0.1) is 0 Å². The second-order valence-electron chi connectivity index (χ2n) is 5.71. The summed E-state index contributed by atoms with van der Waals surface area (Å²) < 4.78 is 2.11. The highest BCUT2D eigenvalue weighted by Gasteiger charge is 2.17. The van der Waals surface area contributed by atoms with E-state index in [4.69, 9.17) is 0 Å². The van der Waals surface area contributed by atoms with Gasteiger partial charge < -0.3 is 9.67 Å². The fourth-order valence-corrected chi connectivity index (χ4v) is 2.38. The van der Waals surface area contributed by atoms with E-state index >= 15 is 0 Å². The van der Waals surface area contributed by atoms with Crippen LogP contribution in [0.4, 0.5) is 0 Å². The zero-order valence-electron chi connectivity index (χ0n) is 12.0. The van der Waals surface area contributed by atoms with E-state index in [9.17, 15) is 5.11 Å². The van der Waals surface area contributed by atoms with E-state index < -0.39 is 5.60 Å². The van der Waals surface area contributed by atoms with Gasteiger partial charge in [0.1, 0.15) is 5.60 Å². The van der Waals surface area contributed by atoms with Crippen molar-refractivity contribution in [3.05, 3.63) is 60.0 Å². The Balaban J connectivity index is 2.07. The van der Waals surface area contributed by atoms with Gasteiger partial charge in [0, 0.05) is 11.6 Å². The molecule has 0 atom stereocenters. The first kappa shape index (κ1) is 12.9. The van der Waals surface area contributed by atoms with Gasteiger partial charge in [-0.2, -0.15) is 0 Å². The Bertz CT molecular complexity index is 749. The molecule has 3 aromatic rings. The maximum atomic E-state index is 9.94. The fourth-order valence-electron chi connectivity index (χ4n) is 2.38. The Labute approximate surface area is 118 Å². The molecular formula is C17H18N2O. The summed E-state index contributed by atoms with van der Waals surface area (Å²) in [5.74, 6) is 0. The SMILES string of the molecule is Cc1ccc2c(ccn2-c2ccc(C(C)(C)O)nc2)c1. The molecule has 0 aliphatic rings. The molecule has 1 aromatic carbocycles. The van der Waals surface area contributed by atoms with Crippen molar-refractivity contribution >= 4 is 10.9 Å². The minimum atomic E-state index is -0.908. The van der Waals surface area contributed by atoms with Crippen LogP contribution in [0.25, 0.3) is 16.6 Å². The highest BCUT2D eigenvalue weighted by atomic mass is 16.3. The number of hydrogen-bond donors (Lipinski definition) is 1. The lowest BCUT2D eigenvalue weighted by Gasteiger charge is -2.16. The predicted octanol–water partition coefficient (Wildman–Crippen LogP) is 3.56. The quantitative estimate of drug-likeness (QED) is 0.770. The molecule has 0 fully saturated rings. The summed E-state index contributed by atoms with van der Waals surface area (Å²) in [4.78, 5) is 4.36. The molecule has 102 valence electrons. The van der Waals surface area contributed by atoms with Gasteiger partial charge in [-0.05, 0) is 51.1 Å². The third-order valence-corrected chi connectivity index (χ3v) is 3.50. The predicted molar refractivity (Wildman–Crippen MR) is 81.1 cm³/mol. The van der Waals surface area contributed by atoms with E-state index in [0.29, 0.717) is 5.69 Å². The molecule has 20 heavy (non-hydrogen) atoms. The first-order valence-electron chi connectivity index (χ1n) is 6.72. The van der Waals surface area contributed by atoms with E-state index in [1.165, 1.54) is 10.9 Å². The number of aliphatic hydroxyl groups is 1. The van der Waals surface area contributed by atoms with Crippen molar-refractivity contribution in [3.8, 4) is 5.69 Å². The molecule has 2 aromatic heterocycles. The second kappa shape index (κ2) is 4.46. The van der Waals surface area contributed by atoms with Crippen molar-refractivity contribution in [2.24, 2.45) is 0 Å². The van der Waals surface area contributed by atoms with Crippen LogP contribution in [0.2, 0.25) is 0 Å². The van der Waals surface area contributed by atoms with E-state index in [2.05, 4.69) is 40.7 Å². The van der Waals surface area contributed by atoms with Crippen LogP contribution < -0.4 is 0 Å². The first-order chi connectivity index (χ1) is 9.45. The number of hydrogen-bond acceptors (Lipinski definition) is 2. The lowest BCUT2D eigenvalue weighted by atomic mass is 10.1. The minimum absolute atomic E-state index is 0.675. The van der Waals surface area contributed by atoms with Crippen LogP contribution in [0.15, 0.2) is 48.8 Å². The number of aryl methyl sites for hydroxylation is 1.